The molecule has 2 rings (SSSR count). The van der Waals surface area contributed by atoms with Gasteiger partial charge in [-0.25, -0.2) is 0 Å². The van der Waals surface area contributed by atoms with E-state index < -0.39 is 4.92 Å². The van der Waals surface area contributed by atoms with Crippen molar-refractivity contribution in [2.75, 3.05) is 20.0 Å². The second kappa shape index (κ2) is 9.18. The van der Waals surface area contributed by atoms with Crippen LogP contribution in [0.2, 0.25) is 0 Å². The summed E-state index contributed by atoms with van der Waals surface area (Å²) in [5.74, 6) is 1.04. The number of hydrogen-bond donors (Lipinski definition) is 0. The van der Waals surface area contributed by atoms with Crippen LogP contribution < -0.4 is 9.47 Å². The molecule has 0 amide bonds. The molecule has 140 valence electrons. The Morgan fingerprint density at radius 1 is 1.42 bits per heavy atom. The third-order valence-corrected chi connectivity index (χ3v) is 4.11. The fourth-order valence-electron chi connectivity index (χ4n) is 2.16. The number of rotatable bonds is 9. The molecule has 1 heterocycles. The summed E-state index contributed by atoms with van der Waals surface area (Å²) in [6.07, 6.45) is 5.10. The fraction of sp³-hybridized carbons (Fsp3) is 0.438. The zero-order valence-corrected chi connectivity index (χ0v) is 15.9. The Balaban J connectivity index is 2.40. The highest BCUT2D eigenvalue weighted by Crippen LogP contribution is 2.38. The van der Waals surface area contributed by atoms with Crippen LogP contribution in [-0.2, 0) is 0 Å². The minimum Gasteiger partial charge on any atom is -0.493 e. The van der Waals surface area contributed by atoms with Gasteiger partial charge in [0.15, 0.2) is 11.6 Å². The topological polar surface area (TPSA) is 105 Å². The fourth-order valence-corrected chi connectivity index (χ4v) is 2.63. The van der Waals surface area contributed by atoms with Crippen molar-refractivity contribution >= 4 is 23.7 Å². The molecule has 0 N–H and O–H groups in total. The molecule has 0 aliphatic carbocycles. The van der Waals surface area contributed by atoms with Gasteiger partial charge in [-0.2, -0.15) is 9.78 Å². The number of hydrogen-bond acceptors (Lipinski definition) is 8. The molecule has 9 nitrogen and oxygen atoms in total. The maximum atomic E-state index is 11.5. The van der Waals surface area contributed by atoms with Gasteiger partial charge < -0.3 is 9.47 Å². The second-order valence-electron chi connectivity index (χ2n) is 5.32. The number of thioether (sulfide) groups is 1. The van der Waals surface area contributed by atoms with Crippen molar-refractivity contribution in [3.8, 4) is 11.5 Å². The molecule has 0 aliphatic rings. The summed E-state index contributed by atoms with van der Waals surface area (Å²) >= 11 is 1.40. The summed E-state index contributed by atoms with van der Waals surface area (Å²) in [4.78, 5) is 11.0. The molecule has 0 spiro atoms. The van der Waals surface area contributed by atoms with E-state index in [-0.39, 0.29) is 11.4 Å². The zero-order chi connectivity index (χ0) is 19.1. The van der Waals surface area contributed by atoms with Crippen LogP contribution in [0.3, 0.4) is 0 Å². The lowest BCUT2D eigenvalue weighted by molar-refractivity contribution is -0.386. The number of benzene rings is 1. The summed E-state index contributed by atoms with van der Waals surface area (Å²) in [6, 6.07) is 3.06. The maximum Gasteiger partial charge on any atom is 0.315 e. The van der Waals surface area contributed by atoms with Crippen molar-refractivity contribution in [3.63, 3.8) is 0 Å². The standard InChI is InChI=1S/C16H21N5O4S/c1-5-6-7-25-15-13(21(22)23)8-12(9-14(15)24-3)10-17-20-11(2)18-19-16(20)26-4/h8-10H,5-7H2,1-4H3/b17-10-. The van der Waals surface area contributed by atoms with Gasteiger partial charge in [-0.05, 0) is 25.7 Å². The molecule has 0 unspecified atom stereocenters. The lowest BCUT2D eigenvalue weighted by Gasteiger charge is -2.11. The minimum atomic E-state index is -0.488. The summed E-state index contributed by atoms with van der Waals surface area (Å²) in [7, 11) is 1.45. The van der Waals surface area contributed by atoms with E-state index in [1.54, 1.807) is 17.7 Å². The normalized spacial score (nSPS) is 11.1. The van der Waals surface area contributed by atoms with Crippen LogP contribution in [0.4, 0.5) is 5.69 Å². The lowest BCUT2D eigenvalue weighted by atomic mass is 10.2. The van der Waals surface area contributed by atoms with E-state index in [0.29, 0.717) is 28.9 Å². The molecule has 0 radical (unpaired) electrons. The van der Waals surface area contributed by atoms with Gasteiger partial charge in [0.25, 0.3) is 0 Å². The Morgan fingerprint density at radius 3 is 2.81 bits per heavy atom. The first-order chi connectivity index (χ1) is 12.5. The average molecular weight is 379 g/mol. The van der Waals surface area contributed by atoms with Gasteiger partial charge in [0.2, 0.25) is 10.9 Å². The van der Waals surface area contributed by atoms with Crippen LogP contribution in [0, 0.1) is 17.0 Å². The van der Waals surface area contributed by atoms with E-state index in [1.165, 1.54) is 31.2 Å². The number of methoxy groups -OCH3 is 1. The van der Waals surface area contributed by atoms with E-state index >= 15 is 0 Å². The zero-order valence-electron chi connectivity index (χ0n) is 15.1. The first kappa shape index (κ1) is 19.7. The molecule has 0 aliphatic heterocycles. The smallest absolute Gasteiger partial charge is 0.315 e. The maximum absolute atomic E-state index is 11.5. The van der Waals surface area contributed by atoms with Crippen LogP contribution in [0.1, 0.15) is 31.2 Å². The summed E-state index contributed by atoms with van der Waals surface area (Å²) in [6.45, 7) is 4.18. The van der Waals surface area contributed by atoms with Gasteiger partial charge >= 0.3 is 5.69 Å². The third kappa shape index (κ3) is 4.51. The van der Waals surface area contributed by atoms with Crippen LogP contribution in [0.25, 0.3) is 0 Å². The molecule has 1 aromatic carbocycles. The quantitative estimate of drug-likeness (QED) is 0.216. The molecule has 10 heteroatoms. The van der Waals surface area contributed by atoms with Gasteiger partial charge in [-0.1, -0.05) is 25.1 Å². The monoisotopic (exact) mass is 379 g/mol. The molecule has 0 fully saturated rings. The Hall–Kier alpha value is -2.62. The molecule has 0 saturated carbocycles. The molecule has 0 bridgehead atoms. The van der Waals surface area contributed by atoms with Crippen molar-refractivity contribution < 1.29 is 14.4 Å². The van der Waals surface area contributed by atoms with Gasteiger partial charge in [-0.3, -0.25) is 10.1 Å². The minimum absolute atomic E-state index is 0.133. The van der Waals surface area contributed by atoms with E-state index in [1.807, 2.05) is 13.2 Å². The molecule has 1 aromatic heterocycles. The van der Waals surface area contributed by atoms with Crippen LogP contribution in [0.5, 0.6) is 11.5 Å². The molecule has 0 saturated heterocycles. The number of unbranched alkanes of at least 4 members (excludes halogenated alkanes) is 1. The third-order valence-electron chi connectivity index (χ3n) is 3.49. The van der Waals surface area contributed by atoms with Gasteiger partial charge in [0.1, 0.15) is 0 Å². The SMILES string of the molecule is CCCCOc1c(OC)cc(/C=N\n2c(C)nnc2SC)cc1[N+](=O)[O-]. The van der Waals surface area contributed by atoms with E-state index in [2.05, 4.69) is 15.3 Å². The summed E-state index contributed by atoms with van der Waals surface area (Å²) in [5.41, 5.74) is 0.351. The first-order valence-corrected chi connectivity index (χ1v) is 9.23. The number of nitrogens with zero attached hydrogens (tertiary/aromatic N) is 5. The number of aryl methyl sites for hydroxylation is 1. The van der Waals surface area contributed by atoms with Gasteiger partial charge in [0.05, 0.1) is 24.9 Å². The van der Waals surface area contributed by atoms with Crippen LogP contribution in [-0.4, -0.2) is 46.0 Å². The highest BCUT2D eigenvalue weighted by Gasteiger charge is 2.22. The van der Waals surface area contributed by atoms with Crippen molar-refractivity contribution in [3.05, 3.63) is 33.6 Å². The van der Waals surface area contributed by atoms with Gasteiger partial charge in [-0.15, -0.1) is 10.2 Å². The van der Waals surface area contributed by atoms with E-state index in [4.69, 9.17) is 9.47 Å². The highest BCUT2D eigenvalue weighted by atomic mass is 32.2. The molecule has 2 aromatic rings. The molecular formula is C16H21N5O4S. The predicted molar refractivity (Wildman–Crippen MR) is 99.6 cm³/mol. The Morgan fingerprint density at radius 2 is 2.19 bits per heavy atom. The number of aromatic nitrogens is 3. The Kier molecular flexibility index (Phi) is 6.96. The summed E-state index contributed by atoms with van der Waals surface area (Å²) < 4.78 is 12.4. The Bertz CT molecular complexity index is 806. The molecule has 0 atom stereocenters. The molecular weight excluding hydrogens is 358 g/mol. The second-order valence-corrected chi connectivity index (χ2v) is 6.09. The number of ether oxygens (including phenoxy) is 2. The van der Waals surface area contributed by atoms with Crippen LogP contribution in [0.15, 0.2) is 22.4 Å². The number of nitro groups is 1. The van der Waals surface area contributed by atoms with Crippen molar-refractivity contribution in [2.24, 2.45) is 5.10 Å². The average Bonchev–Trinajstić information content (AvgIpc) is 2.99. The van der Waals surface area contributed by atoms with Crippen molar-refractivity contribution in [2.45, 2.75) is 31.8 Å². The molecule has 26 heavy (non-hydrogen) atoms. The Labute approximate surface area is 155 Å². The van der Waals surface area contributed by atoms with E-state index in [0.717, 1.165) is 12.8 Å². The first-order valence-electron chi connectivity index (χ1n) is 8.01. The highest BCUT2D eigenvalue weighted by molar-refractivity contribution is 7.98. The number of nitro benzene ring substituents is 1. The van der Waals surface area contributed by atoms with Crippen LogP contribution >= 0.6 is 11.8 Å². The predicted octanol–water partition coefficient (Wildman–Crippen LogP) is 3.29. The summed E-state index contributed by atoms with van der Waals surface area (Å²) in [5, 5.41) is 24.4. The largest absolute Gasteiger partial charge is 0.493 e. The van der Waals surface area contributed by atoms with Crippen molar-refractivity contribution in [1.82, 2.24) is 14.9 Å². The lowest BCUT2D eigenvalue weighted by Crippen LogP contribution is -2.04. The van der Waals surface area contributed by atoms with E-state index in [9.17, 15) is 10.1 Å². The van der Waals surface area contributed by atoms with Gasteiger partial charge in [0, 0.05) is 11.6 Å². The van der Waals surface area contributed by atoms with Crippen molar-refractivity contribution in [1.29, 1.82) is 0 Å².